The van der Waals surface area contributed by atoms with Crippen molar-refractivity contribution in [2.24, 2.45) is 0 Å². The molecule has 0 saturated carbocycles. The lowest BCUT2D eigenvalue weighted by Gasteiger charge is -2.27. The largest absolute Gasteiger partial charge is 0.497 e. The highest BCUT2D eigenvalue weighted by Gasteiger charge is 2.24. The third kappa shape index (κ3) is 6.25. The molecule has 208 valence electrons. The Labute approximate surface area is 235 Å². The normalized spacial score (nSPS) is 11.2. The molecule has 0 bridgehead atoms. The molecule has 2 aromatic heterocycles. The smallest absolute Gasteiger partial charge is 0.326 e. The lowest BCUT2D eigenvalue weighted by molar-refractivity contribution is 0.256. The monoisotopic (exact) mass is 538 g/mol. The van der Waals surface area contributed by atoms with Crippen molar-refractivity contribution in [3.63, 3.8) is 0 Å². The molecule has 2 heterocycles. The summed E-state index contributed by atoms with van der Waals surface area (Å²) in [5, 5.41) is 3.97. The van der Waals surface area contributed by atoms with Gasteiger partial charge in [0.25, 0.3) is 5.56 Å². The van der Waals surface area contributed by atoms with E-state index in [2.05, 4.69) is 67.8 Å². The van der Waals surface area contributed by atoms with Gasteiger partial charge in [-0.05, 0) is 89.4 Å². The number of nitrogens with one attached hydrogen (secondary N) is 2. The molecule has 2 amide bonds. The number of benzene rings is 2. The summed E-state index contributed by atoms with van der Waals surface area (Å²) >= 11 is 0. The zero-order valence-electron chi connectivity index (χ0n) is 24.0. The molecule has 7 nitrogen and oxygen atoms in total. The maximum Gasteiger partial charge on any atom is 0.326 e. The van der Waals surface area contributed by atoms with E-state index in [1.54, 1.807) is 25.4 Å². The topological polar surface area (TPSA) is 87.3 Å². The Kier molecular flexibility index (Phi) is 9.04. The molecule has 0 unspecified atom stereocenters. The van der Waals surface area contributed by atoms with Crippen molar-refractivity contribution in [1.29, 1.82) is 0 Å². The van der Waals surface area contributed by atoms with E-state index in [1.165, 1.54) is 4.90 Å². The standard InChI is InChI=1S/C33H38N4O3/c1-7-8-9-16-37(29-20-24-13-11-15-34-31(24)36-32(29)38)33(39)35-30-27(21(2)3)18-25(19-28(30)22(4)5)23-12-10-14-26(17-23)40-6/h7,10-15,17-22H,1,8-9,16H2,2-6H3,(H,35,39)(H,34,36,38). The second kappa shape index (κ2) is 12.6. The molecule has 0 aliphatic carbocycles. The fraction of sp³-hybridized carbons (Fsp3) is 0.303. The number of anilines is 2. The number of nitrogens with zero attached hydrogens (tertiary/aromatic N) is 2. The van der Waals surface area contributed by atoms with Gasteiger partial charge in [-0.25, -0.2) is 9.78 Å². The van der Waals surface area contributed by atoms with Crippen LogP contribution in [0.15, 0.2) is 78.2 Å². The molecule has 0 radical (unpaired) electrons. The van der Waals surface area contributed by atoms with Gasteiger partial charge in [0.05, 0.1) is 7.11 Å². The van der Waals surface area contributed by atoms with Crippen molar-refractivity contribution in [3.8, 4) is 16.9 Å². The van der Waals surface area contributed by atoms with E-state index in [-0.39, 0.29) is 29.1 Å². The van der Waals surface area contributed by atoms with Crippen LogP contribution in [0.1, 0.15) is 63.5 Å². The highest BCUT2D eigenvalue weighted by molar-refractivity contribution is 6.03. The van der Waals surface area contributed by atoms with E-state index in [4.69, 9.17) is 4.74 Å². The van der Waals surface area contributed by atoms with E-state index in [1.807, 2.05) is 30.3 Å². The first-order valence-electron chi connectivity index (χ1n) is 13.7. The number of carbonyl (C=O) groups is 1. The van der Waals surface area contributed by atoms with Gasteiger partial charge in [0.15, 0.2) is 0 Å². The van der Waals surface area contributed by atoms with Crippen molar-refractivity contribution in [2.45, 2.75) is 52.4 Å². The van der Waals surface area contributed by atoms with Crippen molar-refractivity contribution in [2.75, 3.05) is 23.9 Å². The number of allylic oxidation sites excluding steroid dienone is 1. The number of fused-ring (bicyclic) bond motifs is 1. The Balaban J connectivity index is 1.79. The molecule has 7 heteroatoms. The number of hydrogen-bond donors (Lipinski definition) is 2. The van der Waals surface area contributed by atoms with Crippen molar-refractivity contribution < 1.29 is 9.53 Å². The van der Waals surface area contributed by atoms with Crippen molar-refractivity contribution >= 4 is 28.4 Å². The van der Waals surface area contributed by atoms with E-state index in [0.717, 1.165) is 45.5 Å². The molecular weight excluding hydrogens is 500 g/mol. The Morgan fingerprint density at radius 2 is 1.77 bits per heavy atom. The van der Waals surface area contributed by atoms with Crippen molar-refractivity contribution in [3.05, 3.63) is 94.9 Å². The van der Waals surface area contributed by atoms with Crippen LogP contribution >= 0.6 is 0 Å². The molecule has 0 spiro atoms. The zero-order chi connectivity index (χ0) is 28.8. The third-order valence-electron chi connectivity index (χ3n) is 7.00. The number of unbranched alkanes of at least 4 members (excludes halogenated alkanes) is 1. The van der Waals surface area contributed by atoms with Crippen LogP contribution in [0, 0.1) is 0 Å². The Hall–Kier alpha value is -4.39. The van der Waals surface area contributed by atoms with Gasteiger partial charge in [0.1, 0.15) is 17.1 Å². The number of hydrogen-bond acceptors (Lipinski definition) is 4. The number of H-pyrrole nitrogens is 1. The molecule has 4 rings (SSSR count). The first-order chi connectivity index (χ1) is 19.2. The number of ether oxygens (including phenoxy) is 1. The fourth-order valence-corrected chi connectivity index (χ4v) is 4.84. The molecule has 0 atom stereocenters. The zero-order valence-corrected chi connectivity index (χ0v) is 24.0. The maximum atomic E-state index is 14.0. The number of urea groups is 1. The van der Waals surface area contributed by atoms with Gasteiger partial charge >= 0.3 is 6.03 Å². The minimum Gasteiger partial charge on any atom is -0.497 e. The van der Waals surface area contributed by atoms with Crippen LogP contribution in [-0.2, 0) is 0 Å². The predicted octanol–water partition coefficient (Wildman–Crippen LogP) is 7.85. The summed E-state index contributed by atoms with van der Waals surface area (Å²) in [6.07, 6.45) is 4.84. The molecule has 0 fully saturated rings. The van der Waals surface area contributed by atoms with Crippen LogP contribution in [0.4, 0.5) is 16.2 Å². The van der Waals surface area contributed by atoms with Crippen molar-refractivity contribution in [1.82, 2.24) is 9.97 Å². The summed E-state index contributed by atoms with van der Waals surface area (Å²) in [7, 11) is 1.66. The maximum absolute atomic E-state index is 14.0. The number of amides is 2. The number of aromatic nitrogens is 2. The second-order valence-electron chi connectivity index (χ2n) is 10.5. The summed E-state index contributed by atoms with van der Waals surface area (Å²) in [5.41, 5.74) is 5.36. The first kappa shape index (κ1) is 28.6. The number of rotatable bonds is 10. The third-order valence-corrected chi connectivity index (χ3v) is 7.00. The first-order valence-corrected chi connectivity index (χ1v) is 13.7. The van der Waals surface area contributed by atoms with Crippen LogP contribution in [0.25, 0.3) is 22.2 Å². The summed E-state index contributed by atoms with van der Waals surface area (Å²) < 4.78 is 5.45. The SMILES string of the molecule is C=CCCCN(C(=O)Nc1c(C(C)C)cc(-c2cccc(OC)c2)cc1C(C)C)c1cc2cccnc2[nH]c1=O. The lowest BCUT2D eigenvalue weighted by atomic mass is 9.88. The minimum absolute atomic E-state index is 0.141. The van der Waals surface area contributed by atoms with Crippen LogP contribution in [0.2, 0.25) is 0 Å². The molecule has 40 heavy (non-hydrogen) atoms. The molecule has 0 aliphatic rings. The second-order valence-corrected chi connectivity index (χ2v) is 10.5. The van der Waals surface area contributed by atoms with Crippen LogP contribution in [-0.4, -0.2) is 29.7 Å². The van der Waals surface area contributed by atoms with Gasteiger partial charge in [-0.15, -0.1) is 6.58 Å². The highest BCUT2D eigenvalue weighted by atomic mass is 16.5. The Morgan fingerprint density at radius 3 is 2.42 bits per heavy atom. The summed E-state index contributed by atoms with van der Waals surface area (Å²) in [6, 6.07) is 17.3. The number of pyridine rings is 2. The van der Waals surface area contributed by atoms with Crippen LogP contribution in [0.3, 0.4) is 0 Å². The minimum atomic E-state index is -0.360. The van der Waals surface area contributed by atoms with E-state index < -0.39 is 0 Å². The van der Waals surface area contributed by atoms with Gasteiger partial charge in [0.2, 0.25) is 0 Å². The average molecular weight is 539 g/mol. The highest BCUT2D eigenvalue weighted by Crippen LogP contribution is 2.38. The number of methoxy groups -OCH3 is 1. The average Bonchev–Trinajstić information content (AvgIpc) is 2.95. The Morgan fingerprint density at radius 1 is 1.05 bits per heavy atom. The molecular formula is C33H38N4O3. The summed E-state index contributed by atoms with van der Waals surface area (Å²) in [5.74, 6) is 1.07. The molecule has 2 N–H and O–H groups in total. The van der Waals surface area contributed by atoms with Gasteiger partial charge in [-0.1, -0.05) is 45.9 Å². The van der Waals surface area contributed by atoms with E-state index in [9.17, 15) is 9.59 Å². The number of aromatic amines is 1. The van der Waals surface area contributed by atoms with E-state index in [0.29, 0.717) is 18.6 Å². The quantitative estimate of drug-likeness (QED) is 0.159. The van der Waals surface area contributed by atoms with Gasteiger partial charge in [0, 0.05) is 23.8 Å². The van der Waals surface area contributed by atoms with Gasteiger partial charge < -0.3 is 15.0 Å². The van der Waals surface area contributed by atoms with Crippen LogP contribution < -0.4 is 20.5 Å². The number of carbonyl (C=O) groups excluding carboxylic acids is 1. The molecule has 2 aromatic carbocycles. The summed E-state index contributed by atoms with van der Waals surface area (Å²) in [4.78, 5) is 35.7. The van der Waals surface area contributed by atoms with Gasteiger partial charge in [-0.3, -0.25) is 9.69 Å². The molecule has 0 aliphatic heterocycles. The lowest BCUT2D eigenvalue weighted by Crippen LogP contribution is -2.39. The predicted molar refractivity (Wildman–Crippen MR) is 165 cm³/mol. The van der Waals surface area contributed by atoms with Crippen LogP contribution in [0.5, 0.6) is 5.75 Å². The van der Waals surface area contributed by atoms with E-state index >= 15 is 0 Å². The van der Waals surface area contributed by atoms with Gasteiger partial charge in [-0.2, -0.15) is 0 Å². The molecule has 0 saturated heterocycles. The summed E-state index contributed by atoms with van der Waals surface area (Å²) in [6.45, 7) is 12.6. The molecule has 4 aromatic rings. The fourth-order valence-electron chi connectivity index (χ4n) is 4.84. The Bertz CT molecular complexity index is 1540.